The highest BCUT2D eigenvalue weighted by Crippen LogP contribution is 2.08. The Hall–Kier alpha value is -1.29. The van der Waals surface area contributed by atoms with E-state index in [0.29, 0.717) is 24.6 Å². The van der Waals surface area contributed by atoms with Crippen LogP contribution >= 0.6 is 0 Å². The Morgan fingerprint density at radius 2 is 2.31 bits per heavy atom. The fourth-order valence-electron chi connectivity index (χ4n) is 1.51. The number of aliphatic hydroxyl groups excluding tert-OH is 1. The molecule has 0 aliphatic heterocycles. The summed E-state index contributed by atoms with van der Waals surface area (Å²) < 4.78 is 5.21. The van der Waals surface area contributed by atoms with Crippen LogP contribution in [0.1, 0.15) is 36.1 Å². The van der Waals surface area contributed by atoms with Crippen molar-refractivity contribution in [3.63, 3.8) is 0 Å². The number of rotatable bonds is 6. The van der Waals surface area contributed by atoms with Gasteiger partial charge in [-0.15, -0.1) is 0 Å². The van der Waals surface area contributed by atoms with Crippen molar-refractivity contribution in [2.24, 2.45) is 5.92 Å². The maximum Gasteiger partial charge on any atom is 0.287 e. The molecule has 0 saturated heterocycles. The van der Waals surface area contributed by atoms with Crippen LogP contribution in [0.4, 0.5) is 0 Å². The molecule has 0 radical (unpaired) electrons. The molecule has 1 heterocycles. The van der Waals surface area contributed by atoms with Gasteiger partial charge in [-0.1, -0.05) is 13.3 Å². The van der Waals surface area contributed by atoms with Gasteiger partial charge in [-0.05, 0) is 31.4 Å². The van der Waals surface area contributed by atoms with E-state index in [1.807, 2.05) is 6.92 Å². The molecule has 1 rings (SSSR count). The summed E-state index contributed by atoms with van der Waals surface area (Å²) in [5.41, 5.74) is 0. The fraction of sp³-hybridized carbons (Fsp3) is 0.583. The molecule has 16 heavy (non-hydrogen) atoms. The van der Waals surface area contributed by atoms with Crippen molar-refractivity contribution < 1.29 is 14.3 Å². The van der Waals surface area contributed by atoms with E-state index in [2.05, 4.69) is 5.32 Å². The number of nitrogens with one attached hydrogen (secondary N) is 1. The smallest absolute Gasteiger partial charge is 0.287 e. The van der Waals surface area contributed by atoms with Crippen LogP contribution in [-0.2, 0) is 0 Å². The molecule has 0 aromatic carbocycles. The molecule has 0 aliphatic rings. The lowest BCUT2D eigenvalue weighted by molar-refractivity contribution is 0.0914. The summed E-state index contributed by atoms with van der Waals surface area (Å²) in [6, 6.07) is 3.43. The highest BCUT2D eigenvalue weighted by molar-refractivity contribution is 5.91. The van der Waals surface area contributed by atoms with Crippen LogP contribution in [0.3, 0.4) is 0 Å². The second-order valence-electron chi connectivity index (χ2n) is 3.91. The van der Waals surface area contributed by atoms with Crippen molar-refractivity contribution in [2.45, 2.75) is 26.7 Å². The van der Waals surface area contributed by atoms with Crippen molar-refractivity contribution in [2.75, 3.05) is 13.2 Å². The quantitative estimate of drug-likeness (QED) is 0.775. The molecule has 1 aromatic rings. The third kappa shape index (κ3) is 3.70. The highest BCUT2D eigenvalue weighted by atomic mass is 16.3. The van der Waals surface area contributed by atoms with Crippen LogP contribution < -0.4 is 5.32 Å². The Morgan fingerprint density at radius 3 is 2.81 bits per heavy atom. The first-order chi connectivity index (χ1) is 7.67. The molecular formula is C12H19NO3. The van der Waals surface area contributed by atoms with E-state index < -0.39 is 0 Å². The minimum absolute atomic E-state index is 0.161. The third-order valence-corrected chi connectivity index (χ3v) is 2.63. The van der Waals surface area contributed by atoms with Gasteiger partial charge < -0.3 is 14.8 Å². The van der Waals surface area contributed by atoms with Gasteiger partial charge in [0.15, 0.2) is 5.76 Å². The highest BCUT2D eigenvalue weighted by Gasteiger charge is 2.12. The summed E-state index contributed by atoms with van der Waals surface area (Å²) in [6.07, 6.45) is 1.66. The number of aryl methyl sites for hydroxylation is 1. The van der Waals surface area contributed by atoms with E-state index in [9.17, 15) is 4.79 Å². The molecule has 0 fully saturated rings. The van der Waals surface area contributed by atoms with Crippen LogP contribution in [0.15, 0.2) is 16.5 Å². The van der Waals surface area contributed by atoms with Gasteiger partial charge in [-0.2, -0.15) is 0 Å². The molecular weight excluding hydrogens is 206 g/mol. The van der Waals surface area contributed by atoms with E-state index in [1.165, 1.54) is 0 Å². The van der Waals surface area contributed by atoms with Crippen LogP contribution in [0.25, 0.3) is 0 Å². The van der Waals surface area contributed by atoms with Crippen molar-refractivity contribution >= 4 is 5.91 Å². The van der Waals surface area contributed by atoms with Gasteiger partial charge in [0.05, 0.1) is 0 Å². The maximum absolute atomic E-state index is 11.6. The van der Waals surface area contributed by atoms with Crippen LogP contribution in [0.2, 0.25) is 0 Å². The molecule has 0 aliphatic carbocycles. The summed E-state index contributed by atoms with van der Waals surface area (Å²) in [7, 11) is 0. The predicted octanol–water partition coefficient (Wildman–Crippen LogP) is 1.73. The number of hydrogen-bond acceptors (Lipinski definition) is 3. The lowest BCUT2D eigenvalue weighted by Gasteiger charge is -2.13. The van der Waals surface area contributed by atoms with Gasteiger partial charge in [-0.25, -0.2) is 0 Å². The number of carbonyl (C=O) groups excluding carboxylic acids is 1. The first kappa shape index (κ1) is 12.8. The van der Waals surface area contributed by atoms with Crippen molar-refractivity contribution in [3.8, 4) is 0 Å². The minimum atomic E-state index is -0.190. The van der Waals surface area contributed by atoms with Crippen LogP contribution in [0.5, 0.6) is 0 Å². The van der Waals surface area contributed by atoms with E-state index in [4.69, 9.17) is 9.52 Å². The molecule has 4 nitrogen and oxygen atoms in total. The molecule has 0 bridgehead atoms. The molecule has 1 atom stereocenters. The summed E-state index contributed by atoms with van der Waals surface area (Å²) in [6.45, 7) is 4.59. The van der Waals surface area contributed by atoms with Crippen molar-refractivity contribution in [3.05, 3.63) is 23.7 Å². The number of hydrogen-bond donors (Lipinski definition) is 2. The zero-order chi connectivity index (χ0) is 12.0. The molecule has 0 saturated carbocycles. The predicted molar refractivity (Wildman–Crippen MR) is 61.3 cm³/mol. The summed E-state index contributed by atoms with van der Waals surface area (Å²) in [5, 5.41) is 11.6. The van der Waals surface area contributed by atoms with Crippen molar-refractivity contribution in [1.29, 1.82) is 0 Å². The van der Waals surface area contributed by atoms with Gasteiger partial charge in [0.2, 0.25) is 0 Å². The first-order valence-corrected chi connectivity index (χ1v) is 5.62. The average molecular weight is 225 g/mol. The van der Waals surface area contributed by atoms with Crippen LogP contribution in [-0.4, -0.2) is 24.2 Å². The maximum atomic E-state index is 11.6. The Morgan fingerprint density at radius 1 is 1.56 bits per heavy atom. The van der Waals surface area contributed by atoms with E-state index in [0.717, 1.165) is 12.2 Å². The lowest BCUT2D eigenvalue weighted by atomic mass is 10.0. The largest absolute Gasteiger partial charge is 0.456 e. The number of furan rings is 1. The normalized spacial score (nSPS) is 12.4. The molecule has 1 unspecified atom stereocenters. The van der Waals surface area contributed by atoms with Gasteiger partial charge in [-0.3, -0.25) is 4.79 Å². The van der Waals surface area contributed by atoms with Gasteiger partial charge in [0.1, 0.15) is 5.76 Å². The van der Waals surface area contributed by atoms with E-state index >= 15 is 0 Å². The number of amides is 1. The fourth-order valence-corrected chi connectivity index (χ4v) is 1.51. The molecule has 4 heteroatoms. The van der Waals surface area contributed by atoms with E-state index in [-0.39, 0.29) is 12.5 Å². The Balaban J connectivity index is 2.40. The molecule has 1 aromatic heterocycles. The number of aliphatic hydroxyl groups is 1. The molecule has 2 N–H and O–H groups in total. The Kier molecular flexibility index (Phi) is 5.05. The molecule has 1 amide bonds. The summed E-state index contributed by atoms with van der Waals surface area (Å²) in [4.78, 5) is 11.6. The second kappa shape index (κ2) is 6.33. The number of carbonyl (C=O) groups is 1. The van der Waals surface area contributed by atoms with Gasteiger partial charge in [0, 0.05) is 13.2 Å². The Labute approximate surface area is 95.7 Å². The molecule has 90 valence electrons. The monoisotopic (exact) mass is 225 g/mol. The van der Waals surface area contributed by atoms with Gasteiger partial charge >= 0.3 is 0 Å². The topological polar surface area (TPSA) is 62.5 Å². The average Bonchev–Trinajstić information content (AvgIpc) is 2.70. The summed E-state index contributed by atoms with van der Waals surface area (Å²) >= 11 is 0. The first-order valence-electron chi connectivity index (χ1n) is 5.62. The Bertz CT molecular complexity index is 333. The summed E-state index contributed by atoms with van der Waals surface area (Å²) in [5.74, 6) is 1.21. The third-order valence-electron chi connectivity index (χ3n) is 2.63. The zero-order valence-corrected chi connectivity index (χ0v) is 9.82. The second-order valence-corrected chi connectivity index (χ2v) is 3.91. The van der Waals surface area contributed by atoms with Gasteiger partial charge in [0.25, 0.3) is 5.91 Å². The minimum Gasteiger partial charge on any atom is -0.456 e. The molecule has 0 spiro atoms. The lowest BCUT2D eigenvalue weighted by Crippen LogP contribution is -2.29. The SMILES string of the molecule is CCC(CCO)CNC(=O)c1ccc(C)o1. The van der Waals surface area contributed by atoms with Crippen LogP contribution in [0, 0.1) is 12.8 Å². The zero-order valence-electron chi connectivity index (χ0n) is 9.82. The van der Waals surface area contributed by atoms with E-state index in [1.54, 1.807) is 19.1 Å². The standard InChI is InChI=1S/C12H19NO3/c1-3-10(6-7-14)8-13-12(15)11-5-4-9(2)16-11/h4-5,10,14H,3,6-8H2,1-2H3,(H,13,15). The van der Waals surface area contributed by atoms with Crippen molar-refractivity contribution in [1.82, 2.24) is 5.32 Å².